The number of anilines is 1. The van der Waals surface area contributed by atoms with Gasteiger partial charge in [0.2, 0.25) is 0 Å². The molecule has 0 bridgehead atoms. The van der Waals surface area contributed by atoms with Crippen LogP contribution >= 0.6 is 23.4 Å². The van der Waals surface area contributed by atoms with Gasteiger partial charge in [-0.2, -0.15) is 0 Å². The average molecular weight is 388 g/mol. The van der Waals surface area contributed by atoms with Crippen molar-refractivity contribution in [3.05, 3.63) is 83.2 Å². The van der Waals surface area contributed by atoms with Crippen LogP contribution < -0.4 is 5.32 Å². The zero-order valence-corrected chi connectivity index (χ0v) is 15.2. The molecule has 2 heterocycles. The number of aryl methyl sites for hydroxylation is 1. The number of pyridine rings is 2. The van der Waals surface area contributed by atoms with Gasteiger partial charge in [-0.15, -0.1) is 11.8 Å². The van der Waals surface area contributed by atoms with Crippen LogP contribution in [-0.4, -0.2) is 21.6 Å². The molecule has 1 amide bonds. The second-order valence-electron chi connectivity index (χ2n) is 5.42. The van der Waals surface area contributed by atoms with E-state index in [2.05, 4.69) is 15.3 Å². The van der Waals surface area contributed by atoms with Crippen molar-refractivity contribution in [3.63, 3.8) is 0 Å². The molecule has 7 heteroatoms. The minimum Gasteiger partial charge on any atom is -0.321 e. The number of aromatic nitrogens is 2. The van der Waals surface area contributed by atoms with Gasteiger partial charge in [0.1, 0.15) is 11.0 Å². The van der Waals surface area contributed by atoms with E-state index in [1.54, 1.807) is 36.7 Å². The molecule has 3 aromatic rings. The minimum absolute atomic E-state index is 0.246. The first kappa shape index (κ1) is 18.4. The highest BCUT2D eigenvalue weighted by Crippen LogP contribution is 2.24. The molecule has 1 aromatic carbocycles. The maximum Gasteiger partial charge on any atom is 0.255 e. The van der Waals surface area contributed by atoms with Gasteiger partial charge in [-0.3, -0.25) is 9.78 Å². The summed E-state index contributed by atoms with van der Waals surface area (Å²) in [6, 6.07) is 11.6. The molecule has 0 radical (unpaired) electrons. The molecule has 4 nitrogen and oxygen atoms in total. The molecule has 3 rings (SSSR count). The Morgan fingerprint density at radius 2 is 1.96 bits per heavy atom. The van der Waals surface area contributed by atoms with Crippen LogP contribution in [0.5, 0.6) is 0 Å². The second-order valence-corrected chi connectivity index (χ2v) is 6.95. The summed E-state index contributed by atoms with van der Waals surface area (Å²) in [4.78, 5) is 20.6. The Hall–Kier alpha value is -2.44. The lowest BCUT2D eigenvalue weighted by atomic mass is 10.2. The van der Waals surface area contributed by atoms with Gasteiger partial charge < -0.3 is 5.32 Å². The Balaban J connectivity index is 1.59. The maximum atomic E-state index is 14.3. The number of carbonyl (C=O) groups excluding carboxylic acids is 1. The molecule has 0 aliphatic carbocycles. The number of carbonyl (C=O) groups is 1. The van der Waals surface area contributed by atoms with Crippen LogP contribution in [0.25, 0.3) is 0 Å². The summed E-state index contributed by atoms with van der Waals surface area (Å²) >= 11 is 7.12. The standard InChI is InChI=1S/C19H15ClFN3OS/c20-18-4-2-15(12-23-18)24-19(25)14-1-3-17(16(21)11-14)26-10-7-13-5-8-22-9-6-13/h1-6,8-9,11-12H,7,10H2,(H,24,25). The van der Waals surface area contributed by atoms with E-state index in [1.807, 2.05) is 12.1 Å². The van der Waals surface area contributed by atoms with Gasteiger partial charge in [-0.05, 0) is 54.4 Å². The monoisotopic (exact) mass is 387 g/mol. The Morgan fingerprint density at radius 3 is 2.65 bits per heavy atom. The van der Waals surface area contributed by atoms with Crippen LogP contribution in [0.15, 0.2) is 66.0 Å². The number of hydrogen-bond donors (Lipinski definition) is 1. The number of hydrogen-bond acceptors (Lipinski definition) is 4. The van der Waals surface area contributed by atoms with Crippen LogP contribution in [-0.2, 0) is 6.42 Å². The molecule has 132 valence electrons. The zero-order chi connectivity index (χ0) is 18.4. The second kappa shape index (κ2) is 8.78. The fourth-order valence-electron chi connectivity index (χ4n) is 2.24. The molecule has 0 aliphatic heterocycles. The van der Waals surface area contributed by atoms with Crippen molar-refractivity contribution >= 4 is 35.0 Å². The normalized spacial score (nSPS) is 10.5. The Labute approximate surface area is 159 Å². The van der Waals surface area contributed by atoms with Crippen LogP contribution in [0.1, 0.15) is 15.9 Å². The van der Waals surface area contributed by atoms with Gasteiger partial charge in [0.05, 0.1) is 11.9 Å². The summed E-state index contributed by atoms with van der Waals surface area (Å²) in [5.41, 5.74) is 1.90. The SMILES string of the molecule is O=C(Nc1ccc(Cl)nc1)c1ccc(SCCc2ccncc2)c(F)c1. The first-order valence-electron chi connectivity index (χ1n) is 7.86. The van der Waals surface area contributed by atoms with Gasteiger partial charge in [0, 0.05) is 28.6 Å². The average Bonchev–Trinajstić information content (AvgIpc) is 2.65. The summed E-state index contributed by atoms with van der Waals surface area (Å²) in [6.07, 6.45) is 5.74. The van der Waals surface area contributed by atoms with E-state index in [1.165, 1.54) is 24.0 Å². The molecule has 1 N–H and O–H groups in total. The Kier molecular flexibility index (Phi) is 6.20. The number of nitrogens with one attached hydrogen (secondary N) is 1. The van der Waals surface area contributed by atoms with Crippen LogP contribution in [0.2, 0.25) is 5.15 Å². The van der Waals surface area contributed by atoms with E-state index in [9.17, 15) is 9.18 Å². The summed E-state index contributed by atoms with van der Waals surface area (Å²) in [5, 5.41) is 2.99. The van der Waals surface area contributed by atoms with E-state index in [0.717, 1.165) is 17.7 Å². The van der Waals surface area contributed by atoms with Crippen molar-refractivity contribution in [2.45, 2.75) is 11.3 Å². The van der Waals surface area contributed by atoms with Gasteiger partial charge >= 0.3 is 0 Å². The summed E-state index contributed by atoms with van der Waals surface area (Å²) in [6.45, 7) is 0. The summed E-state index contributed by atoms with van der Waals surface area (Å²) in [5.74, 6) is -0.0731. The van der Waals surface area contributed by atoms with E-state index in [4.69, 9.17) is 11.6 Å². The molecular formula is C19H15ClFN3OS. The summed E-state index contributed by atoms with van der Waals surface area (Å²) in [7, 11) is 0. The Bertz CT molecular complexity index is 891. The third-order valence-electron chi connectivity index (χ3n) is 3.58. The molecule has 0 saturated carbocycles. The number of thioether (sulfide) groups is 1. The lowest BCUT2D eigenvalue weighted by Gasteiger charge is -2.07. The topological polar surface area (TPSA) is 54.9 Å². The van der Waals surface area contributed by atoms with Crippen molar-refractivity contribution in [1.29, 1.82) is 0 Å². The molecule has 0 aliphatic rings. The van der Waals surface area contributed by atoms with Gasteiger partial charge in [0.25, 0.3) is 5.91 Å². The van der Waals surface area contributed by atoms with Gasteiger partial charge in [-0.25, -0.2) is 9.37 Å². The smallest absolute Gasteiger partial charge is 0.255 e. The fourth-order valence-corrected chi connectivity index (χ4v) is 3.27. The number of amides is 1. The molecule has 2 aromatic heterocycles. The molecule has 0 saturated heterocycles. The highest BCUT2D eigenvalue weighted by atomic mass is 35.5. The maximum absolute atomic E-state index is 14.3. The van der Waals surface area contributed by atoms with Crippen molar-refractivity contribution in [2.24, 2.45) is 0 Å². The van der Waals surface area contributed by atoms with Gasteiger partial charge in [-0.1, -0.05) is 11.6 Å². The lowest BCUT2D eigenvalue weighted by Crippen LogP contribution is -2.12. The minimum atomic E-state index is -0.411. The predicted octanol–water partition coefficient (Wildman–Crippen LogP) is 4.86. The van der Waals surface area contributed by atoms with Crippen LogP contribution in [0.3, 0.4) is 0 Å². The first-order chi connectivity index (χ1) is 12.6. The third kappa shape index (κ3) is 5.03. The molecule has 0 spiro atoms. The quantitative estimate of drug-likeness (QED) is 0.485. The van der Waals surface area contributed by atoms with Gasteiger partial charge in [0.15, 0.2) is 0 Å². The Morgan fingerprint density at radius 1 is 1.15 bits per heavy atom. The van der Waals surface area contributed by atoms with Crippen LogP contribution in [0.4, 0.5) is 10.1 Å². The zero-order valence-electron chi connectivity index (χ0n) is 13.7. The first-order valence-corrected chi connectivity index (χ1v) is 9.22. The van der Waals surface area contributed by atoms with E-state index >= 15 is 0 Å². The lowest BCUT2D eigenvalue weighted by molar-refractivity contribution is 0.102. The molecular weight excluding hydrogens is 373 g/mol. The summed E-state index contributed by atoms with van der Waals surface area (Å²) < 4.78 is 14.3. The molecule has 0 atom stereocenters. The largest absolute Gasteiger partial charge is 0.321 e. The number of rotatable bonds is 6. The number of benzene rings is 1. The predicted molar refractivity (Wildman–Crippen MR) is 102 cm³/mol. The van der Waals surface area contributed by atoms with E-state index < -0.39 is 11.7 Å². The van der Waals surface area contributed by atoms with Crippen molar-refractivity contribution in [2.75, 3.05) is 11.1 Å². The van der Waals surface area contributed by atoms with Crippen molar-refractivity contribution in [1.82, 2.24) is 9.97 Å². The number of halogens is 2. The van der Waals surface area contributed by atoms with E-state index in [0.29, 0.717) is 15.7 Å². The third-order valence-corrected chi connectivity index (χ3v) is 4.85. The number of nitrogens with zero attached hydrogens (tertiary/aromatic N) is 2. The molecule has 26 heavy (non-hydrogen) atoms. The highest BCUT2D eigenvalue weighted by Gasteiger charge is 2.11. The van der Waals surface area contributed by atoms with Crippen molar-refractivity contribution in [3.8, 4) is 0 Å². The van der Waals surface area contributed by atoms with Crippen molar-refractivity contribution < 1.29 is 9.18 Å². The highest BCUT2D eigenvalue weighted by molar-refractivity contribution is 7.99. The fraction of sp³-hybridized carbons (Fsp3) is 0.105. The molecule has 0 unspecified atom stereocenters. The molecule has 0 fully saturated rings. The van der Waals surface area contributed by atoms with Crippen LogP contribution in [0, 0.1) is 5.82 Å². The van der Waals surface area contributed by atoms with E-state index in [-0.39, 0.29) is 5.56 Å².